The molecule has 292 valence electrons. The van der Waals surface area contributed by atoms with E-state index >= 15 is 4.39 Å². The molecule has 2 aromatic carbocycles. The van der Waals surface area contributed by atoms with E-state index in [-0.39, 0.29) is 41.5 Å². The first-order chi connectivity index (χ1) is 26.4. The highest BCUT2D eigenvalue weighted by Crippen LogP contribution is 2.41. The van der Waals surface area contributed by atoms with E-state index in [1.165, 1.54) is 30.0 Å². The lowest BCUT2D eigenvalue weighted by Gasteiger charge is -2.36. The molecule has 2 N–H and O–H groups in total. The Morgan fingerprint density at radius 3 is 2.31 bits per heavy atom. The van der Waals surface area contributed by atoms with Crippen LogP contribution in [0.25, 0.3) is 21.9 Å². The van der Waals surface area contributed by atoms with Crippen molar-refractivity contribution >= 4 is 34.0 Å². The topological polar surface area (TPSA) is 109 Å². The summed E-state index contributed by atoms with van der Waals surface area (Å²) in [5.74, 6) is 0.159. The minimum Gasteiger partial charge on any atom is -0.496 e. The summed E-state index contributed by atoms with van der Waals surface area (Å²) in [5.41, 5.74) is 1.27. The maximum Gasteiger partial charge on any atom is 0.418 e. The number of piperidine rings is 3. The number of halogens is 4. The predicted octanol–water partition coefficient (Wildman–Crippen LogP) is 6.89. The van der Waals surface area contributed by atoms with Gasteiger partial charge in [0.2, 0.25) is 11.8 Å². The van der Waals surface area contributed by atoms with Gasteiger partial charge in [-0.15, -0.1) is 0 Å². The average molecular weight is 763 g/mol. The molecule has 14 heteroatoms. The molecule has 2 amide bonds. The van der Waals surface area contributed by atoms with Crippen LogP contribution in [-0.4, -0.2) is 65.6 Å². The second-order valence-electron chi connectivity index (χ2n) is 15.1. The zero-order valence-electron chi connectivity index (χ0n) is 31.1. The number of carbonyl (C=O) groups excluding carboxylic acids is 2. The lowest BCUT2D eigenvalue weighted by atomic mass is 9.85. The number of nitrogens with zero attached hydrogens (tertiary/aromatic N) is 4. The second-order valence-corrected chi connectivity index (χ2v) is 15.1. The second kappa shape index (κ2) is 16.0. The summed E-state index contributed by atoms with van der Waals surface area (Å²) in [6.07, 6.45) is 6.34. The van der Waals surface area contributed by atoms with E-state index in [4.69, 9.17) is 4.74 Å². The number of pyridine rings is 2. The molecule has 5 heterocycles. The van der Waals surface area contributed by atoms with Crippen LogP contribution >= 0.6 is 0 Å². The van der Waals surface area contributed by atoms with Gasteiger partial charge < -0.3 is 19.5 Å². The van der Waals surface area contributed by atoms with Crippen molar-refractivity contribution in [3.63, 3.8) is 0 Å². The fourth-order valence-electron chi connectivity index (χ4n) is 8.40. The number of hydrogen-bond acceptors (Lipinski definition) is 8. The highest BCUT2D eigenvalue weighted by molar-refractivity contribution is 6.01. The van der Waals surface area contributed by atoms with Crippen molar-refractivity contribution < 1.29 is 31.9 Å². The molecule has 55 heavy (non-hydrogen) atoms. The molecule has 3 fully saturated rings. The smallest absolute Gasteiger partial charge is 0.418 e. The van der Waals surface area contributed by atoms with Crippen molar-refractivity contribution in [3.05, 3.63) is 82.3 Å². The van der Waals surface area contributed by atoms with E-state index in [2.05, 4.69) is 20.5 Å². The van der Waals surface area contributed by atoms with Crippen LogP contribution in [0.3, 0.4) is 0 Å². The number of likely N-dealkylation sites (tertiary alicyclic amines) is 1. The molecular weight excluding hydrogens is 716 g/mol. The minimum atomic E-state index is -4.57. The number of methoxy groups -OCH3 is 1. The number of benzene rings is 2. The zero-order valence-corrected chi connectivity index (χ0v) is 31.1. The Kier molecular flexibility index (Phi) is 11.2. The molecule has 3 aliphatic heterocycles. The molecule has 3 saturated heterocycles. The Bertz CT molecular complexity index is 2120. The summed E-state index contributed by atoms with van der Waals surface area (Å²) < 4.78 is 65.7. The van der Waals surface area contributed by atoms with Gasteiger partial charge in [0.1, 0.15) is 17.6 Å². The van der Waals surface area contributed by atoms with Crippen LogP contribution in [0.15, 0.2) is 59.8 Å². The molecule has 0 radical (unpaired) electrons. The van der Waals surface area contributed by atoms with Gasteiger partial charge in [0, 0.05) is 74.2 Å². The third-order valence-electron chi connectivity index (χ3n) is 11.6. The predicted molar refractivity (Wildman–Crippen MR) is 202 cm³/mol. The van der Waals surface area contributed by atoms with E-state index in [0.29, 0.717) is 59.1 Å². The molecule has 0 aliphatic carbocycles. The Morgan fingerprint density at radius 1 is 0.927 bits per heavy atom. The number of anilines is 2. The molecule has 1 unspecified atom stereocenters. The van der Waals surface area contributed by atoms with E-state index in [1.807, 2.05) is 11.0 Å². The number of nitrogens with one attached hydrogen (secondary N) is 2. The van der Waals surface area contributed by atoms with Gasteiger partial charge in [0.25, 0.3) is 5.56 Å². The van der Waals surface area contributed by atoms with Crippen molar-refractivity contribution in [2.45, 2.75) is 70.1 Å². The van der Waals surface area contributed by atoms with Crippen LogP contribution in [-0.2, 0) is 29.4 Å². The van der Waals surface area contributed by atoms with Crippen LogP contribution < -0.4 is 25.8 Å². The molecule has 4 aromatic rings. The van der Waals surface area contributed by atoms with Crippen molar-refractivity contribution in [1.82, 2.24) is 19.8 Å². The van der Waals surface area contributed by atoms with Gasteiger partial charge in [-0.2, -0.15) is 13.2 Å². The summed E-state index contributed by atoms with van der Waals surface area (Å²) in [4.78, 5) is 44.4. The number of fused-ring (bicyclic) bond motifs is 1. The molecule has 7 rings (SSSR count). The van der Waals surface area contributed by atoms with Crippen molar-refractivity contribution in [2.75, 3.05) is 43.5 Å². The summed E-state index contributed by atoms with van der Waals surface area (Å²) in [6, 6.07) is 8.45. The summed E-state index contributed by atoms with van der Waals surface area (Å²) >= 11 is 0. The first-order valence-electron chi connectivity index (χ1n) is 19.0. The Morgan fingerprint density at radius 2 is 1.64 bits per heavy atom. The Hall–Kier alpha value is -4.98. The molecule has 3 aliphatic rings. The van der Waals surface area contributed by atoms with Gasteiger partial charge in [-0.1, -0.05) is 12.8 Å². The summed E-state index contributed by atoms with van der Waals surface area (Å²) in [7, 11) is 3.20. The lowest BCUT2D eigenvalue weighted by Crippen LogP contribution is -2.47. The maximum absolute atomic E-state index is 15.8. The van der Waals surface area contributed by atoms with Gasteiger partial charge in [0.05, 0.1) is 18.1 Å². The molecule has 2 aromatic heterocycles. The summed E-state index contributed by atoms with van der Waals surface area (Å²) in [6.45, 7) is 3.16. The van der Waals surface area contributed by atoms with E-state index < -0.39 is 23.7 Å². The first kappa shape index (κ1) is 38.3. The highest BCUT2D eigenvalue weighted by atomic mass is 19.4. The monoisotopic (exact) mass is 762 g/mol. The van der Waals surface area contributed by atoms with E-state index in [9.17, 15) is 27.6 Å². The number of rotatable bonds is 10. The highest BCUT2D eigenvalue weighted by Gasteiger charge is 2.37. The van der Waals surface area contributed by atoms with Gasteiger partial charge in [-0.3, -0.25) is 29.6 Å². The van der Waals surface area contributed by atoms with Crippen LogP contribution in [0.2, 0.25) is 0 Å². The third-order valence-corrected chi connectivity index (χ3v) is 11.6. The van der Waals surface area contributed by atoms with E-state index in [1.54, 1.807) is 31.6 Å². The average Bonchev–Trinajstić information content (AvgIpc) is 3.17. The SMILES string of the molecule is COc1cc(-c2cn(C)c(=O)c3cnccc23)cc(F)c1CN1CCC(CCC2CCN(c3ccc(NC4CCC(=O)NC4=O)cc3C(F)(F)F)CC2)CC1. The molecule has 1 atom stereocenters. The molecule has 0 spiro atoms. The standard InChI is InChI=1S/C41H46F4N6O4/c1-49-23-31(29-9-14-46-22-30(29)40(49)54)27-19-34(42)32(37(20-27)55-2)24-50-15-10-25(11-16-50)3-4-26-12-17-51(18-13-26)36-7-5-28(21-33(36)41(43,44)45)47-35-6-8-38(52)48-39(35)53/h5,7,9,14,19-23,25-26,35,47H,3-4,6,8,10-13,15-18,24H2,1-2H3,(H,48,52,53). The lowest BCUT2D eigenvalue weighted by molar-refractivity contribution is -0.137. The number of aromatic nitrogens is 2. The van der Waals surface area contributed by atoms with Crippen LogP contribution in [0.1, 0.15) is 62.5 Å². The number of aryl methyl sites for hydroxylation is 1. The van der Waals surface area contributed by atoms with E-state index in [0.717, 1.165) is 63.2 Å². The van der Waals surface area contributed by atoms with Gasteiger partial charge >= 0.3 is 6.18 Å². The van der Waals surface area contributed by atoms with Crippen LogP contribution in [0.5, 0.6) is 5.75 Å². The third kappa shape index (κ3) is 8.48. The maximum atomic E-state index is 15.8. The fourth-order valence-corrected chi connectivity index (χ4v) is 8.40. The number of ether oxygens (including phenoxy) is 1. The zero-order chi connectivity index (χ0) is 38.9. The fraction of sp³-hybridized carbons (Fsp3) is 0.463. The normalized spacial score (nSPS) is 19.2. The Labute approximate surface area is 316 Å². The Balaban J connectivity index is 0.908. The minimum absolute atomic E-state index is 0.132. The molecule has 0 saturated carbocycles. The number of amides is 2. The van der Waals surface area contributed by atoms with Gasteiger partial charge in [-0.05, 0) is 104 Å². The number of alkyl halides is 3. The van der Waals surface area contributed by atoms with Crippen LogP contribution in [0, 0.1) is 17.7 Å². The molecular formula is C41H46F4N6O4. The first-order valence-corrected chi connectivity index (χ1v) is 19.0. The van der Waals surface area contributed by atoms with Crippen molar-refractivity contribution in [2.24, 2.45) is 18.9 Å². The quantitative estimate of drug-likeness (QED) is 0.133. The van der Waals surface area contributed by atoms with Crippen molar-refractivity contribution in [3.8, 4) is 16.9 Å². The summed E-state index contributed by atoms with van der Waals surface area (Å²) in [5, 5.41) is 6.25. The van der Waals surface area contributed by atoms with Crippen molar-refractivity contribution in [1.29, 1.82) is 0 Å². The van der Waals surface area contributed by atoms with Gasteiger partial charge in [0.15, 0.2) is 0 Å². The van der Waals surface area contributed by atoms with Crippen LogP contribution in [0.4, 0.5) is 28.9 Å². The largest absolute Gasteiger partial charge is 0.496 e. The number of carbonyl (C=O) groups is 2. The number of imide groups is 1. The van der Waals surface area contributed by atoms with Gasteiger partial charge in [-0.25, -0.2) is 4.39 Å². The molecule has 10 nitrogen and oxygen atoms in total. The number of hydrogen-bond donors (Lipinski definition) is 2. The molecule has 0 bridgehead atoms.